The third-order valence-corrected chi connectivity index (χ3v) is 3.91. The van der Waals surface area contributed by atoms with Crippen molar-refractivity contribution in [1.29, 1.82) is 5.26 Å². The minimum Gasteiger partial charge on any atom is -0.375 e. The van der Waals surface area contributed by atoms with Crippen molar-refractivity contribution in [3.8, 4) is 6.07 Å². The molecule has 1 aromatic heterocycles. The zero-order valence-electron chi connectivity index (χ0n) is 11.9. The predicted molar refractivity (Wildman–Crippen MR) is 65.0 cm³/mol. The Kier molecular flexibility index (Phi) is 3.72. The van der Waals surface area contributed by atoms with Gasteiger partial charge in [-0.1, -0.05) is 0 Å². The minimum absolute atomic E-state index is 0.0761. The molecule has 9 heteroatoms. The highest BCUT2D eigenvalue weighted by atomic mass is 19.4. The van der Waals surface area contributed by atoms with Crippen LogP contribution in [0.1, 0.15) is 36.7 Å². The molecule has 1 fully saturated rings. The molecule has 1 aliphatic carbocycles. The smallest absolute Gasteiger partial charge is 0.375 e. The summed E-state index contributed by atoms with van der Waals surface area (Å²) in [4.78, 5) is 0. The monoisotopic (exact) mass is 323 g/mol. The first kappa shape index (κ1) is 16.7. The summed E-state index contributed by atoms with van der Waals surface area (Å²) in [5.41, 5.74) is -4.15. The second-order valence-electron chi connectivity index (χ2n) is 5.82. The van der Waals surface area contributed by atoms with Crippen LogP contribution in [0.5, 0.6) is 0 Å². The van der Waals surface area contributed by atoms with Crippen LogP contribution >= 0.6 is 0 Å². The van der Waals surface area contributed by atoms with Gasteiger partial charge in [-0.15, -0.1) is 0 Å². The number of hydrogen-bond acceptors (Lipinski definition) is 3. The van der Waals surface area contributed by atoms with Gasteiger partial charge in [-0.3, -0.25) is 4.68 Å². The summed E-state index contributed by atoms with van der Waals surface area (Å²) in [6.45, 7) is 1.71. The van der Waals surface area contributed by atoms with Crippen LogP contribution in [0.2, 0.25) is 0 Å². The van der Waals surface area contributed by atoms with E-state index < -0.39 is 29.3 Å². The number of halogens is 5. The SMILES string of the molecule is Cc1c(C(C)(O)C(F)(F)F)nn(CC2CC(F)(F)C2)c1C#N. The molecule has 1 heterocycles. The summed E-state index contributed by atoms with van der Waals surface area (Å²) in [5.74, 6) is -3.22. The van der Waals surface area contributed by atoms with Crippen LogP contribution in [-0.4, -0.2) is 27.0 Å². The first-order valence-electron chi connectivity index (χ1n) is 6.54. The molecule has 0 spiro atoms. The van der Waals surface area contributed by atoms with Gasteiger partial charge in [0.1, 0.15) is 17.5 Å². The maximum atomic E-state index is 12.9. The molecule has 122 valence electrons. The molecule has 0 aromatic carbocycles. The Hall–Kier alpha value is -1.69. The lowest BCUT2D eigenvalue weighted by Gasteiger charge is -2.34. The van der Waals surface area contributed by atoms with Gasteiger partial charge in [0.25, 0.3) is 0 Å². The van der Waals surface area contributed by atoms with Crippen molar-refractivity contribution >= 4 is 0 Å². The topological polar surface area (TPSA) is 61.8 Å². The molecule has 0 amide bonds. The van der Waals surface area contributed by atoms with E-state index >= 15 is 0 Å². The minimum atomic E-state index is -4.97. The van der Waals surface area contributed by atoms with Gasteiger partial charge in [-0.25, -0.2) is 8.78 Å². The quantitative estimate of drug-likeness (QED) is 0.870. The van der Waals surface area contributed by atoms with E-state index in [2.05, 4.69) is 5.10 Å². The first-order chi connectivity index (χ1) is 9.89. The zero-order valence-corrected chi connectivity index (χ0v) is 11.9. The van der Waals surface area contributed by atoms with Crippen LogP contribution in [0.4, 0.5) is 22.0 Å². The molecule has 0 bridgehead atoms. The summed E-state index contributed by atoms with van der Waals surface area (Å²) < 4.78 is 65.3. The van der Waals surface area contributed by atoms with Crippen LogP contribution in [0, 0.1) is 24.2 Å². The van der Waals surface area contributed by atoms with Gasteiger partial charge in [0, 0.05) is 24.9 Å². The van der Waals surface area contributed by atoms with E-state index in [1.54, 1.807) is 6.07 Å². The summed E-state index contributed by atoms with van der Waals surface area (Å²) in [5, 5.41) is 22.4. The molecule has 1 saturated carbocycles. The fourth-order valence-electron chi connectivity index (χ4n) is 2.58. The van der Waals surface area contributed by atoms with Crippen molar-refractivity contribution in [2.45, 2.75) is 50.9 Å². The van der Waals surface area contributed by atoms with E-state index in [1.165, 1.54) is 6.92 Å². The Morgan fingerprint density at radius 2 is 1.95 bits per heavy atom. The van der Waals surface area contributed by atoms with Crippen molar-refractivity contribution in [2.24, 2.45) is 5.92 Å². The van der Waals surface area contributed by atoms with Crippen molar-refractivity contribution in [3.63, 3.8) is 0 Å². The summed E-state index contributed by atoms with van der Waals surface area (Å²) in [6.07, 6.45) is -5.74. The second kappa shape index (κ2) is 4.91. The number of hydrogen-bond donors (Lipinski definition) is 1. The first-order valence-corrected chi connectivity index (χ1v) is 6.54. The fourth-order valence-corrected chi connectivity index (χ4v) is 2.58. The molecule has 1 unspecified atom stereocenters. The van der Waals surface area contributed by atoms with Gasteiger partial charge >= 0.3 is 6.18 Å². The van der Waals surface area contributed by atoms with Crippen LogP contribution in [-0.2, 0) is 12.1 Å². The number of nitriles is 1. The van der Waals surface area contributed by atoms with Gasteiger partial charge in [0.05, 0.1) is 0 Å². The lowest BCUT2D eigenvalue weighted by molar-refractivity contribution is -0.260. The molecule has 0 aliphatic heterocycles. The third kappa shape index (κ3) is 2.67. The average molecular weight is 323 g/mol. The summed E-state index contributed by atoms with van der Waals surface area (Å²) in [7, 11) is 0. The van der Waals surface area contributed by atoms with E-state index in [0.717, 1.165) is 4.68 Å². The third-order valence-electron chi connectivity index (χ3n) is 3.91. The number of aromatic nitrogens is 2. The number of nitrogens with zero attached hydrogens (tertiary/aromatic N) is 3. The lowest BCUT2D eigenvalue weighted by Crippen LogP contribution is -2.40. The van der Waals surface area contributed by atoms with Gasteiger partial charge in [-0.2, -0.15) is 23.5 Å². The average Bonchev–Trinajstić information content (AvgIpc) is 2.62. The summed E-state index contributed by atoms with van der Waals surface area (Å²) >= 11 is 0. The van der Waals surface area contributed by atoms with Crippen molar-refractivity contribution < 1.29 is 27.1 Å². The normalized spacial score (nSPS) is 21.0. The Labute approximate surface area is 123 Å². The molecule has 1 atom stereocenters. The fraction of sp³-hybridized carbons (Fsp3) is 0.692. The summed E-state index contributed by atoms with van der Waals surface area (Å²) in [6, 6.07) is 1.72. The van der Waals surface area contributed by atoms with Gasteiger partial charge in [0.15, 0.2) is 0 Å². The van der Waals surface area contributed by atoms with Gasteiger partial charge < -0.3 is 5.11 Å². The Morgan fingerprint density at radius 3 is 2.36 bits per heavy atom. The van der Waals surface area contributed by atoms with Crippen molar-refractivity contribution in [2.75, 3.05) is 0 Å². The maximum absolute atomic E-state index is 12.9. The van der Waals surface area contributed by atoms with E-state index in [-0.39, 0.29) is 30.6 Å². The molecule has 22 heavy (non-hydrogen) atoms. The second-order valence-corrected chi connectivity index (χ2v) is 5.82. The molecule has 1 aromatic rings. The molecular weight excluding hydrogens is 309 g/mol. The maximum Gasteiger partial charge on any atom is 0.422 e. The number of alkyl halides is 5. The molecule has 1 aliphatic rings. The van der Waals surface area contributed by atoms with E-state index in [0.29, 0.717) is 6.92 Å². The van der Waals surface area contributed by atoms with Crippen LogP contribution in [0.15, 0.2) is 0 Å². The number of rotatable bonds is 3. The van der Waals surface area contributed by atoms with E-state index in [9.17, 15) is 27.1 Å². The standard InChI is InChI=1S/C13H14F5N3O/c1-7-9(5-19)21(6-8-3-12(14,15)4-8)20-10(7)11(2,22)13(16,17)18/h8,22H,3-4,6H2,1-2H3. The Bertz CT molecular complexity index is 619. The van der Waals surface area contributed by atoms with Crippen LogP contribution in [0.25, 0.3) is 0 Å². The lowest BCUT2D eigenvalue weighted by atomic mass is 9.81. The Balaban J connectivity index is 2.34. The van der Waals surface area contributed by atoms with Crippen molar-refractivity contribution in [1.82, 2.24) is 9.78 Å². The van der Waals surface area contributed by atoms with Crippen LogP contribution in [0.3, 0.4) is 0 Å². The number of aliphatic hydroxyl groups is 1. The zero-order chi connectivity index (χ0) is 16.9. The molecule has 4 nitrogen and oxygen atoms in total. The molecular formula is C13H14F5N3O. The van der Waals surface area contributed by atoms with E-state index in [1.807, 2.05) is 0 Å². The highest BCUT2D eigenvalue weighted by Crippen LogP contribution is 2.44. The molecule has 0 saturated heterocycles. The highest BCUT2D eigenvalue weighted by molar-refractivity contribution is 5.37. The Morgan fingerprint density at radius 1 is 1.41 bits per heavy atom. The van der Waals surface area contributed by atoms with Gasteiger partial charge in [0.2, 0.25) is 11.5 Å². The molecule has 2 rings (SSSR count). The van der Waals surface area contributed by atoms with Crippen LogP contribution < -0.4 is 0 Å². The largest absolute Gasteiger partial charge is 0.422 e. The molecule has 0 radical (unpaired) electrons. The predicted octanol–water partition coefficient (Wildman–Crippen LogP) is 2.88. The van der Waals surface area contributed by atoms with Gasteiger partial charge in [-0.05, 0) is 19.8 Å². The van der Waals surface area contributed by atoms with E-state index in [4.69, 9.17) is 5.26 Å². The highest BCUT2D eigenvalue weighted by Gasteiger charge is 2.54. The van der Waals surface area contributed by atoms with Crippen molar-refractivity contribution in [3.05, 3.63) is 17.0 Å². The molecule has 1 N–H and O–H groups in total.